The molecule has 0 saturated carbocycles. The first-order chi connectivity index (χ1) is 7.29. The lowest BCUT2D eigenvalue weighted by atomic mass is 10.2. The van der Waals surface area contributed by atoms with Crippen molar-refractivity contribution in [2.45, 2.75) is 6.42 Å². The maximum Gasteiger partial charge on any atom is 0.142 e. The molecule has 3 N–H and O–H groups in total. The smallest absolute Gasteiger partial charge is 0.142 e. The third kappa shape index (κ3) is 2.19. The molecule has 2 rings (SSSR count). The summed E-state index contributed by atoms with van der Waals surface area (Å²) in [6.07, 6.45) is 5.09. The van der Waals surface area contributed by atoms with Gasteiger partial charge in [0, 0.05) is 18.2 Å². The number of hydrogen-bond acceptors (Lipinski definition) is 3. The van der Waals surface area contributed by atoms with Gasteiger partial charge in [-0.2, -0.15) is 0 Å². The van der Waals surface area contributed by atoms with Gasteiger partial charge in [0.05, 0.1) is 18.1 Å². The average molecular weight is 206 g/mol. The molecule has 0 unspecified atom stereocenters. The van der Waals surface area contributed by atoms with Crippen molar-refractivity contribution in [3.8, 4) is 11.3 Å². The highest BCUT2D eigenvalue weighted by molar-refractivity contribution is 5.56. The van der Waals surface area contributed by atoms with Crippen LogP contribution in [0.25, 0.3) is 11.3 Å². The van der Waals surface area contributed by atoms with Crippen molar-refractivity contribution in [3.63, 3.8) is 0 Å². The van der Waals surface area contributed by atoms with Gasteiger partial charge in [0.2, 0.25) is 0 Å². The van der Waals surface area contributed by atoms with Gasteiger partial charge in [0.1, 0.15) is 11.6 Å². The van der Waals surface area contributed by atoms with Gasteiger partial charge in [-0.15, -0.1) is 0 Å². The number of nitrogens with zero attached hydrogens (tertiary/aromatic N) is 2. The molecular formula is C10H11FN4. The van der Waals surface area contributed by atoms with E-state index in [1.54, 1.807) is 12.4 Å². The predicted molar refractivity (Wildman–Crippen MR) is 54.5 cm³/mol. The van der Waals surface area contributed by atoms with E-state index in [1.807, 2.05) is 0 Å². The van der Waals surface area contributed by atoms with Crippen LogP contribution in [0.5, 0.6) is 0 Å². The summed E-state index contributed by atoms with van der Waals surface area (Å²) in [4.78, 5) is 11.0. The Hall–Kier alpha value is -1.75. The number of imidazole rings is 1. The number of hydrogen-bond donors (Lipinski definition) is 2. The Morgan fingerprint density at radius 2 is 2.20 bits per heavy atom. The molecule has 0 aliphatic heterocycles. The molecule has 0 aromatic carbocycles. The summed E-state index contributed by atoms with van der Waals surface area (Å²) in [5.41, 5.74) is 6.84. The minimum Gasteiger partial charge on any atom is -0.342 e. The summed E-state index contributed by atoms with van der Waals surface area (Å²) in [7, 11) is 0. The molecule has 4 nitrogen and oxygen atoms in total. The molecule has 0 aliphatic carbocycles. The Labute approximate surface area is 86.4 Å². The number of nitrogens with one attached hydrogen (secondary N) is 1. The van der Waals surface area contributed by atoms with Gasteiger partial charge in [-0.3, -0.25) is 4.98 Å². The lowest BCUT2D eigenvalue weighted by Crippen LogP contribution is -2.03. The molecule has 78 valence electrons. The maximum atomic E-state index is 12.9. The summed E-state index contributed by atoms with van der Waals surface area (Å²) >= 11 is 0. The van der Waals surface area contributed by atoms with E-state index in [0.717, 1.165) is 11.5 Å². The summed E-state index contributed by atoms with van der Waals surface area (Å²) in [6, 6.07) is 1.41. The quantitative estimate of drug-likeness (QED) is 0.790. The molecule has 0 saturated heterocycles. The van der Waals surface area contributed by atoms with Crippen molar-refractivity contribution in [2.24, 2.45) is 5.73 Å². The van der Waals surface area contributed by atoms with Gasteiger partial charge in [-0.05, 0) is 12.6 Å². The number of aromatic nitrogens is 3. The number of H-pyrrole nitrogens is 1. The van der Waals surface area contributed by atoms with Gasteiger partial charge in [0.25, 0.3) is 0 Å². The van der Waals surface area contributed by atoms with Crippen LogP contribution in [0.15, 0.2) is 24.7 Å². The number of rotatable bonds is 3. The van der Waals surface area contributed by atoms with E-state index in [1.165, 1.54) is 12.3 Å². The lowest BCUT2D eigenvalue weighted by molar-refractivity contribution is 0.622. The second kappa shape index (κ2) is 4.18. The zero-order valence-corrected chi connectivity index (χ0v) is 8.07. The fraction of sp³-hybridized carbons (Fsp3) is 0.200. The maximum absolute atomic E-state index is 12.9. The number of pyridine rings is 1. The molecule has 5 heteroatoms. The Balaban J connectivity index is 2.29. The van der Waals surface area contributed by atoms with Crippen LogP contribution in [0.4, 0.5) is 4.39 Å². The first-order valence-corrected chi connectivity index (χ1v) is 4.64. The average Bonchev–Trinajstić information content (AvgIpc) is 2.67. The van der Waals surface area contributed by atoms with Crippen LogP contribution in [0.2, 0.25) is 0 Å². The first-order valence-electron chi connectivity index (χ1n) is 4.64. The Kier molecular flexibility index (Phi) is 2.73. The minimum absolute atomic E-state index is 0.359. The SMILES string of the molecule is NCCc1ncc(-c2cncc(F)c2)[nH]1. The van der Waals surface area contributed by atoms with Crippen LogP contribution in [0.1, 0.15) is 5.82 Å². The van der Waals surface area contributed by atoms with Gasteiger partial charge in [0.15, 0.2) is 0 Å². The molecule has 2 heterocycles. The summed E-state index contributed by atoms with van der Waals surface area (Å²) in [6.45, 7) is 0.536. The Morgan fingerprint density at radius 1 is 1.33 bits per heavy atom. The fourth-order valence-corrected chi connectivity index (χ4v) is 1.33. The molecule has 0 fully saturated rings. The van der Waals surface area contributed by atoms with Crippen molar-refractivity contribution in [3.05, 3.63) is 36.3 Å². The van der Waals surface area contributed by atoms with E-state index < -0.39 is 0 Å². The normalized spacial score (nSPS) is 10.5. The van der Waals surface area contributed by atoms with E-state index in [0.29, 0.717) is 18.5 Å². The van der Waals surface area contributed by atoms with Crippen LogP contribution in [0.3, 0.4) is 0 Å². The third-order valence-electron chi connectivity index (χ3n) is 2.03. The summed E-state index contributed by atoms with van der Waals surface area (Å²) in [5, 5.41) is 0. The number of nitrogens with two attached hydrogens (primary N) is 1. The number of halogens is 1. The van der Waals surface area contributed by atoms with Crippen LogP contribution in [-0.4, -0.2) is 21.5 Å². The summed E-state index contributed by atoms with van der Waals surface area (Å²) in [5.74, 6) is 0.444. The van der Waals surface area contributed by atoms with Crippen molar-refractivity contribution in [1.29, 1.82) is 0 Å². The molecule has 0 aliphatic rings. The van der Waals surface area contributed by atoms with E-state index in [2.05, 4.69) is 15.0 Å². The van der Waals surface area contributed by atoms with Crippen LogP contribution in [0, 0.1) is 5.82 Å². The highest BCUT2D eigenvalue weighted by atomic mass is 19.1. The van der Waals surface area contributed by atoms with Crippen LogP contribution < -0.4 is 5.73 Å². The minimum atomic E-state index is -0.359. The molecule has 15 heavy (non-hydrogen) atoms. The lowest BCUT2D eigenvalue weighted by Gasteiger charge is -1.96. The van der Waals surface area contributed by atoms with Gasteiger partial charge < -0.3 is 10.7 Å². The molecule has 2 aromatic rings. The second-order valence-corrected chi connectivity index (χ2v) is 3.17. The van der Waals surface area contributed by atoms with Crippen molar-refractivity contribution < 1.29 is 4.39 Å². The topological polar surface area (TPSA) is 67.6 Å². The highest BCUT2D eigenvalue weighted by Crippen LogP contribution is 2.16. The Morgan fingerprint density at radius 3 is 2.93 bits per heavy atom. The van der Waals surface area contributed by atoms with Gasteiger partial charge in [-0.25, -0.2) is 9.37 Å². The van der Waals surface area contributed by atoms with Crippen molar-refractivity contribution in [1.82, 2.24) is 15.0 Å². The Bertz CT molecular complexity index is 452. The zero-order valence-electron chi connectivity index (χ0n) is 8.07. The van der Waals surface area contributed by atoms with E-state index >= 15 is 0 Å². The highest BCUT2D eigenvalue weighted by Gasteiger charge is 2.03. The molecule has 0 atom stereocenters. The monoisotopic (exact) mass is 206 g/mol. The summed E-state index contributed by atoms with van der Waals surface area (Å²) < 4.78 is 12.9. The largest absolute Gasteiger partial charge is 0.342 e. The standard InChI is InChI=1S/C10H11FN4/c11-8-3-7(4-13-5-8)9-6-14-10(15-9)1-2-12/h3-6H,1-2,12H2,(H,14,15). The molecule has 0 amide bonds. The fourth-order valence-electron chi connectivity index (χ4n) is 1.33. The van der Waals surface area contributed by atoms with Crippen molar-refractivity contribution in [2.75, 3.05) is 6.54 Å². The van der Waals surface area contributed by atoms with Crippen molar-refractivity contribution >= 4 is 0 Å². The molecular weight excluding hydrogens is 195 g/mol. The van der Waals surface area contributed by atoms with E-state index in [9.17, 15) is 4.39 Å². The van der Waals surface area contributed by atoms with Gasteiger partial charge in [-0.1, -0.05) is 0 Å². The van der Waals surface area contributed by atoms with Crippen LogP contribution >= 0.6 is 0 Å². The van der Waals surface area contributed by atoms with Crippen LogP contribution in [-0.2, 0) is 6.42 Å². The molecule has 0 radical (unpaired) electrons. The zero-order chi connectivity index (χ0) is 10.7. The third-order valence-corrected chi connectivity index (χ3v) is 2.03. The molecule has 0 bridgehead atoms. The predicted octanol–water partition coefficient (Wildman–Crippen LogP) is 1.11. The van der Waals surface area contributed by atoms with E-state index in [-0.39, 0.29) is 5.82 Å². The molecule has 0 spiro atoms. The molecule has 2 aromatic heterocycles. The van der Waals surface area contributed by atoms with E-state index in [4.69, 9.17) is 5.73 Å². The number of aromatic amines is 1. The second-order valence-electron chi connectivity index (χ2n) is 3.17. The first kappa shape index (κ1) is 9.79. The van der Waals surface area contributed by atoms with Gasteiger partial charge >= 0.3 is 0 Å².